The van der Waals surface area contributed by atoms with E-state index in [1.807, 2.05) is 36.9 Å². The molecule has 0 saturated carbocycles. The largest absolute Gasteiger partial charge is 0.368 e. The number of nitrogens with one attached hydrogen (secondary N) is 1. The van der Waals surface area contributed by atoms with E-state index < -0.39 is 11.9 Å². The first-order valence-corrected chi connectivity index (χ1v) is 7.90. The molecule has 0 aromatic carbocycles. The molecule has 1 aliphatic heterocycles. The maximum atomic E-state index is 12.2. The Balaban J connectivity index is 2.10. The molecule has 7 nitrogen and oxygen atoms in total. The van der Waals surface area contributed by atoms with Gasteiger partial charge in [0.15, 0.2) is 0 Å². The second kappa shape index (κ2) is 7.30. The molecule has 3 N–H and O–H groups in total. The van der Waals surface area contributed by atoms with Crippen molar-refractivity contribution in [3.05, 3.63) is 24.4 Å². The number of carbonyl (C=O) groups is 2. The van der Waals surface area contributed by atoms with Crippen molar-refractivity contribution < 1.29 is 9.59 Å². The number of hydrogen-bond donors (Lipinski definition) is 2. The van der Waals surface area contributed by atoms with Crippen LogP contribution in [-0.4, -0.2) is 53.5 Å². The summed E-state index contributed by atoms with van der Waals surface area (Å²) in [5.41, 5.74) is 5.59. The van der Waals surface area contributed by atoms with Crippen molar-refractivity contribution >= 4 is 17.8 Å². The molecule has 3 amide bonds. The summed E-state index contributed by atoms with van der Waals surface area (Å²) in [6.07, 6.45) is 2.97. The molecule has 126 valence electrons. The molecule has 2 rings (SSSR count). The number of nitrogens with two attached hydrogens (primary N) is 1. The summed E-state index contributed by atoms with van der Waals surface area (Å²) >= 11 is 0. The molecule has 0 radical (unpaired) electrons. The minimum absolute atomic E-state index is 0.0220. The zero-order valence-electron chi connectivity index (χ0n) is 13.9. The van der Waals surface area contributed by atoms with Crippen LogP contribution in [0.4, 0.5) is 10.6 Å². The van der Waals surface area contributed by atoms with Crippen molar-refractivity contribution in [3.63, 3.8) is 0 Å². The Morgan fingerprint density at radius 2 is 2.17 bits per heavy atom. The lowest BCUT2D eigenvalue weighted by atomic mass is 9.95. The van der Waals surface area contributed by atoms with Crippen molar-refractivity contribution in [1.29, 1.82) is 0 Å². The summed E-state index contributed by atoms with van der Waals surface area (Å²) in [6.45, 7) is 4.47. The topological polar surface area (TPSA) is 91.6 Å². The summed E-state index contributed by atoms with van der Waals surface area (Å²) in [7, 11) is 1.76. The third-order valence-electron chi connectivity index (χ3n) is 4.13. The summed E-state index contributed by atoms with van der Waals surface area (Å²) in [5.74, 6) is 0.349. The summed E-state index contributed by atoms with van der Waals surface area (Å²) in [5, 5.41) is 2.87. The van der Waals surface area contributed by atoms with Crippen LogP contribution in [0, 0.1) is 0 Å². The number of pyridine rings is 1. The normalized spacial score (nSPS) is 21.1. The van der Waals surface area contributed by atoms with E-state index in [9.17, 15) is 9.59 Å². The number of hydrogen-bond acceptors (Lipinski definition) is 4. The molecule has 1 aromatic heterocycles. The van der Waals surface area contributed by atoms with Gasteiger partial charge in [0.2, 0.25) is 5.91 Å². The second-order valence-corrected chi connectivity index (χ2v) is 6.19. The van der Waals surface area contributed by atoms with Gasteiger partial charge in [0, 0.05) is 31.9 Å². The minimum atomic E-state index is -0.460. The molecule has 1 saturated heterocycles. The third-order valence-corrected chi connectivity index (χ3v) is 4.13. The van der Waals surface area contributed by atoms with Crippen LogP contribution in [0.15, 0.2) is 24.4 Å². The SMILES string of the molecule is CC(C)NC(=O)N(C)C1CCN(c2ccccn2)C(C(N)=O)C1. The van der Waals surface area contributed by atoms with E-state index in [0.29, 0.717) is 13.0 Å². The summed E-state index contributed by atoms with van der Waals surface area (Å²) in [4.78, 5) is 31.9. The van der Waals surface area contributed by atoms with Gasteiger partial charge in [-0.1, -0.05) is 6.07 Å². The first-order chi connectivity index (χ1) is 10.9. The van der Waals surface area contributed by atoms with Gasteiger partial charge < -0.3 is 20.9 Å². The van der Waals surface area contributed by atoms with Crippen molar-refractivity contribution in [2.75, 3.05) is 18.5 Å². The standard InChI is InChI=1S/C16H25N5O2/c1-11(2)19-16(23)20(3)12-7-9-21(13(10-12)15(17)22)14-6-4-5-8-18-14/h4-6,8,11-13H,7,9-10H2,1-3H3,(H2,17,22)(H,19,23). The van der Waals surface area contributed by atoms with Gasteiger partial charge in [-0.2, -0.15) is 0 Å². The second-order valence-electron chi connectivity index (χ2n) is 6.19. The fourth-order valence-corrected chi connectivity index (χ4v) is 2.88. The Kier molecular flexibility index (Phi) is 5.41. The van der Waals surface area contributed by atoms with Crippen LogP contribution in [0.2, 0.25) is 0 Å². The third kappa shape index (κ3) is 4.12. The van der Waals surface area contributed by atoms with Gasteiger partial charge in [-0.3, -0.25) is 4.79 Å². The Hall–Kier alpha value is -2.31. The lowest BCUT2D eigenvalue weighted by Crippen LogP contribution is -2.56. The first kappa shape index (κ1) is 17.1. The van der Waals surface area contributed by atoms with Crippen molar-refractivity contribution in [1.82, 2.24) is 15.2 Å². The molecular weight excluding hydrogens is 294 g/mol. The number of primary amides is 1. The molecule has 2 heterocycles. The van der Waals surface area contributed by atoms with Gasteiger partial charge in [0.05, 0.1) is 0 Å². The van der Waals surface area contributed by atoms with Gasteiger partial charge in [0.1, 0.15) is 11.9 Å². The lowest BCUT2D eigenvalue weighted by Gasteiger charge is -2.41. The number of carbonyl (C=O) groups excluding carboxylic acids is 2. The maximum absolute atomic E-state index is 12.2. The molecular formula is C16H25N5O2. The van der Waals surface area contributed by atoms with E-state index >= 15 is 0 Å². The van der Waals surface area contributed by atoms with Crippen LogP contribution in [0.25, 0.3) is 0 Å². The average molecular weight is 319 g/mol. The van der Waals surface area contributed by atoms with Crippen LogP contribution in [-0.2, 0) is 4.79 Å². The maximum Gasteiger partial charge on any atom is 0.317 e. The number of amides is 3. The van der Waals surface area contributed by atoms with Crippen molar-refractivity contribution in [3.8, 4) is 0 Å². The summed E-state index contributed by atoms with van der Waals surface area (Å²) in [6, 6.07) is 5.05. The monoisotopic (exact) mass is 319 g/mol. The fourth-order valence-electron chi connectivity index (χ4n) is 2.88. The highest BCUT2D eigenvalue weighted by molar-refractivity contribution is 5.84. The highest BCUT2D eigenvalue weighted by Crippen LogP contribution is 2.25. The molecule has 2 unspecified atom stereocenters. The Bertz CT molecular complexity index is 549. The van der Waals surface area contributed by atoms with E-state index in [1.54, 1.807) is 18.1 Å². The molecule has 23 heavy (non-hydrogen) atoms. The quantitative estimate of drug-likeness (QED) is 0.864. The van der Waals surface area contributed by atoms with Gasteiger partial charge >= 0.3 is 6.03 Å². The van der Waals surface area contributed by atoms with Crippen molar-refractivity contribution in [2.24, 2.45) is 5.73 Å². The smallest absolute Gasteiger partial charge is 0.317 e. The van der Waals surface area contributed by atoms with E-state index in [2.05, 4.69) is 10.3 Å². The average Bonchev–Trinajstić information content (AvgIpc) is 2.53. The lowest BCUT2D eigenvalue weighted by molar-refractivity contribution is -0.120. The Labute approximate surface area is 136 Å². The van der Waals surface area contributed by atoms with E-state index in [0.717, 1.165) is 12.2 Å². The van der Waals surface area contributed by atoms with Crippen LogP contribution in [0.5, 0.6) is 0 Å². The molecule has 0 aliphatic carbocycles. The molecule has 0 spiro atoms. The number of anilines is 1. The Morgan fingerprint density at radius 3 is 2.74 bits per heavy atom. The minimum Gasteiger partial charge on any atom is -0.368 e. The highest BCUT2D eigenvalue weighted by Gasteiger charge is 2.35. The number of rotatable bonds is 4. The fraction of sp³-hybridized carbons (Fsp3) is 0.562. The van der Waals surface area contributed by atoms with Crippen LogP contribution in [0.3, 0.4) is 0 Å². The van der Waals surface area contributed by atoms with Crippen LogP contribution in [0.1, 0.15) is 26.7 Å². The molecule has 1 aliphatic rings. The zero-order valence-corrected chi connectivity index (χ0v) is 13.9. The number of aromatic nitrogens is 1. The first-order valence-electron chi connectivity index (χ1n) is 7.90. The zero-order chi connectivity index (χ0) is 17.0. The number of piperidine rings is 1. The predicted molar refractivity (Wildman–Crippen MR) is 89.0 cm³/mol. The van der Waals surface area contributed by atoms with Crippen LogP contribution >= 0.6 is 0 Å². The molecule has 1 fully saturated rings. The molecule has 0 bridgehead atoms. The molecule has 7 heteroatoms. The highest BCUT2D eigenvalue weighted by atomic mass is 16.2. The van der Waals surface area contributed by atoms with Crippen molar-refractivity contribution in [2.45, 2.75) is 44.8 Å². The number of urea groups is 1. The van der Waals surface area contributed by atoms with E-state index in [-0.39, 0.29) is 18.1 Å². The van der Waals surface area contributed by atoms with Gasteiger partial charge in [0.25, 0.3) is 0 Å². The van der Waals surface area contributed by atoms with E-state index in [4.69, 9.17) is 5.73 Å². The summed E-state index contributed by atoms with van der Waals surface area (Å²) < 4.78 is 0. The molecule has 1 aromatic rings. The van der Waals surface area contributed by atoms with Gasteiger partial charge in [-0.25, -0.2) is 9.78 Å². The van der Waals surface area contributed by atoms with Gasteiger partial charge in [-0.05, 0) is 38.8 Å². The van der Waals surface area contributed by atoms with Crippen LogP contribution < -0.4 is 16.0 Å². The Morgan fingerprint density at radius 1 is 1.43 bits per heavy atom. The number of nitrogens with zero attached hydrogens (tertiary/aromatic N) is 3. The van der Waals surface area contributed by atoms with Gasteiger partial charge in [-0.15, -0.1) is 0 Å². The predicted octanol–water partition coefficient (Wildman–Crippen LogP) is 0.954. The van der Waals surface area contributed by atoms with E-state index in [1.165, 1.54) is 0 Å². The molecule has 2 atom stereocenters.